The van der Waals surface area contributed by atoms with E-state index in [1.807, 2.05) is 4.90 Å². The average molecular weight is 367 g/mol. The maximum Gasteiger partial charge on any atom is 0.310 e. The van der Waals surface area contributed by atoms with E-state index in [0.29, 0.717) is 18.9 Å². The van der Waals surface area contributed by atoms with Crippen LogP contribution in [0.3, 0.4) is 0 Å². The van der Waals surface area contributed by atoms with Gasteiger partial charge in [-0.05, 0) is 65.0 Å². The molecule has 148 valence electrons. The van der Waals surface area contributed by atoms with Crippen LogP contribution in [-0.2, 0) is 14.4 Å². The van der Waals surface area contributed by atoms with Gasteiger partial charge in [-0.25, -0.2) is 0 Å². The summed E-state index contributed by atoms with van der Waals surface area (Å²) in [6, 6.07) is 0. The number of nitrogens with one attached hydrogen (secondary N) is 2. The summed E-state index contributed by atoms with van der Waals surface area (Å²) in [6.07, 6.45) is 5.33. The van der Waals surface area contributed by atoms with Gasteiger partial charge >= 0.3 is 5.97 Å². The van der Waals surface area contributed by atoms with Gasteiger partial charge in [0.1, 0.15) is 0 Å². The number of aliphatic carboxylic acids is 1. The number of piperidine rings is 2. The molecular weight excluding hydrogens is 334 g/mol. The summed E-state index contributed by atoms with van der Waals surface area (Å²) in [6.45, 7) is 6.52. The standard InChI is InChI=1S/C19H33N3O4/c1-19(2,18(25)26)13-21-17(24)15-4-3-11-22(12-15)16(23)6-5-14-7-9-20-10-8-14/h14-15,20H,3-13H2,1-2H3,(H,21,24)(H,25,26)/t15-/m1/s1. The molecule has 0 aromatic carbocycles. The molecule has 2 fully saturated rings. The first-order chi connectivity index (χ1) is 12.3. The Labute approximate surface area is 155 Å². The van der Waals surface area contributed by atoms with Crippen LogP contribution in [-0.4, -0.2) is 60.5 Å². The molecule has 2 saturated heterocycles. The number of likely N-dealkylation sites (tertiary alicyclic amines) is 1. The van der Waals surface area contributed by atoms with E-state index < -0.39 is 11.4 Å². The van der Waals surface area contributed by atoms with E-state index in [4.69, 9.17) is 5.11 Å². The lowest BCUT2D eigenvalue weighted by Crippen LogP contribution is -2.47. The predicted molar refractivity (Wildman–Crippen MR) is 98.6 cm³/mol. The second kappa shape index (κ2) is 9.35. The first-order valence-electron chi connectivity index (χ1n) is 9.79. The summed E-state index contributed by atoms with van der Waals surface area (Å²) in [5.41, 5.74) is -0.991. The highest BCUT2D eigenvalue weighted by molar-refractivity contribution is 5.82. The molecule has 2 aliphatic rings. The van der Waals surface area contributed by atoms with E-state index in [2.05, 4.69) is 10.6 Å². The third-order valence-electron chi connectivity index (χ3n) is 5.65. The lowest BCUT2D eigenvalue weighted by atomic mass is 9.91. The molecule has 0 unspecified atom stereocenters. The van der Waals surface area contributed by atoms with Crippen molar-refractivity contribution in [2.24, 2.45) is 17.3 Å². The van der Waals surface area contributed by atoms with Gasteiger partial charge in [0.2, 0.25) is 11.8 Å². The van der Waals surface area contributed by atoms with Gasteiger partial charge in [-0.3, -0.25) is 14.4 Å². The predicted octanol–water partition coefficient (Wildman–Crippen LogP) is 1.23. The van der Waals surface area contributed by atoms with Gasteiger partial charge in [-0.2, -0.15) is 0 Å². The van der Waals surface area contributed by atoms with Gasteiger partial charge in [0.05, 0.1) is 11.3 Å². The highest BCUT2D eigenvalue weighted by atomic mass is 16.4. The summed E-state index contributed by atoms with van der Waals surface area (Å²) in [5.74, 6) is -0.545. The third-order valence-corrected chi connectivity index (χ3v) is 5.65. The molecule has 0 aromatic heterocycles. The zero-order valence-electron chi connectivity index (χ0n) is 16.1. The number of carbonyl (C=O) groups excluding carboxylic acids is 2. The zero-order chi connectivity index (χ0) is 19.2. The smallest absolute Gasteiger partial charge is 0.310 e. The molecule has 0 bridgehead atoms. The maximum absolute atomic E-state index is 12.5. The van der Waals surface area contributed by atoms with Gasteiger partial charge in [-0.15, -0.1) is 0 Å². The number of carboxylic acids is 1. The van der Waals surface area contributed by atoms with E-state index in [-0.39, 0.29) is 24.3 Å². The SMILES string of the molecule is CC(C)(CNC(=O)[C@@H]1CCCN(C(=O)CCC2CCNCC2)C1)C(=O)O. The van der Waals surface area contributed by atoms with E-state index in [0.717, 1.165) is 51.7 Å². The summed E-state index contributed by atoms with van der Waals surface area (Å²) in [5, 5.41) is 15.2. The molecule has 0 saturated carbocycles. The van der Waals surface area contributed by atoms with Gasteiger partial charge in [0.15, 0.2) is 0 Å². The van der Waals surface area contributed by atoms with Gasteiger partial charge < -0.3 is 20.6 Å². The van der Waals surface area contributed by atoms with E-state index in [1.54, 1.807) is 13.8 Å². The quantitative estimate of drug-likeness (QED) is 0.629. The van der Waals surface area contributed by atoms with Crippen molar-refractivity contribution in [3.05, 3.63) is 0 Å². The molecule has 2 amide bonds. The summed E-state index contributed by atoms with van der Waals surface area (Å²) >= 11 is 0. The number of hydrogen-bond acceptors (Lipinski definition) is 4. The number of amides is 2. The summed E-state index contributed by atoms with van der Waals surface area (Å²) in [4.78, 5) is 37.9. The van der Waals surface area contributed by atoms with Gasteiger partial charge in [0, 0.05) is 26.1 Å². The summed E-state index contributed by atoms with van der Waals surface area (Å²) in [7, 11) is 0. The van der Waals surface area contributed by atoms with Gasteiger partial charge in [-0.1, -0.05) is 0 Å². The van der Waals surface area contributed by atoms with Crippen LogP contribution in [0.4, 0.5) is 0 Å². The van der Waals surface area contributed by atoms with Crippen LogP contribution < -0.4 is 10.6 Å². The summed E-state index contributed by atoms with van der Waals surface area (Å²) < 4.78 is 0. The Morgan fingerprint density at radius 1 is 1.19 bits per heavy atom. The molecular formula is C19H33N3O4. The van der Waals surface area contributed by atoms with Crippen LogP contribution in [0.25, 0.3) is 0 Å². The largest absolute Gasteiger partial charge is 0.481 e. The minimum atomic E-state index is -0.991. The molecule has 7 heteroatoms. The van der Waals surface area contributed by atoms with Crippen molar-refractivity contribution in [3.63, 3.8) is 0 Å². The normalized spacial score (nSPS) is 22.1. The topological polar surface area (TPSA) is 98.7 Å². The monoisotopic (exact) mass is 367 g/mol. The zero-order valence-corrected chi connectivity index (χ0v) is 16.1. The van der Waals surface area contributed by atoms with Crippen LogP contribution >= 0.6 is 0 Å². The van der Waals surface area contributed by atoms with Crippen LogP contribution in [0.15, 0.2) is 0 Å². The molecule has 3 N–H and O–H groups in total. The van der Waals surface area contributed by atoms with Crippen LogP contribution in [0.2, 0.25) is 0 Å². The Morgan fingerprint density at radius 3 is 2.54 bits per heavy atom. The second-order valence-electron chi connectivity index (χ2n) is 8.32. The maximum atomic E-state index is 12.5. The first kappa shape index (κ1) is 20.7. The Kier molecular flexibility index (Phi) is 7.43. The highest BCUT2D eigenvalue weighted by Gasteiger charge is 2.32. The Balaban J connectivity index is 1.77. The van der Waals surface area contributed by atoms with Crippen molar-refractivity contribution >= 4 is 17.8 Å². The fraction of sp³-hybridized carbons (Fsp3) is 0.842. The molecule has 2 aliphatic heterocycles. The Hall–Kier alpha value is -1.63. The van der Waals surface area contributed by atoms with Gasteiger partial charge in [0.25, 0.3) is 0 Å². The van der Waals surface area contributed by atoms with E-state index >= 15 is 0 Å². The second-order valence-corrected chi connectivity index (χ2v) is 8.32. The van der Waals surface area contributed by atoms with Crippen molar-refractivity contribution in [1.82, 2.24) is 15.5 Å². The lowest BCUT2D eigenvalue weighted by molar-refractivity contribution is -0.147. The third kappa shape index (κ3) is 5.97. The molecule has 1 atom stereocenters. The van der Waals surface area contributed by atoms with Crippen LogP contribution in [0, 0.1) is 17.3 Å². The average Bonchev–Trinajstić information content (AvgIpc) is 2.65. The fourth-order valence-electron chi connectivity index (χ4n) is 3.60. The molecule has 2 heterocycles. The number of carboxylic acid groups (broad SMARTS) is 1. The molecule has 7 nitrogen and oxygen atoms in total. The molecule has 0 spiro atoms. The van der Waals surface area contributed by atoms with Crippen LogP contribution in [0.5, 0.6) is 0 Å². The number of carbonyl (C=O) groups is 3. The number of nitrogens with zero attached hydrogens (tertiary/aromatic N) is 1. The fourth-order valence-corrected chi connectivity index (χ4v) is 3.60. The number of rotatable bonds is 7. The van der Waals surface area contributed by atoms with Crippen LogP contribution in [0.1, 0.15) is 52.4 Å². The molecule has 0 radical (unpaired) electrons. The molecule has 26 heavy (non-hydrogen) atoms. The van der Waals surface area contributed by atoms with Crippen molar-refractivity contribution in [2.75, 3.05) is 32.7 Å². The Bertz CT molecular complexity index is 515. The minimum Gasteiger partial charge on any atom is -0.481 e. The molecule has 0 aromatic rings. The first-order valence-corrected chi connectivity index (χ1v) is 9.79. The minimum absolute atomic E-state index is 0.0985. The van der Waals surface area contributed by atoms with Crippen molar-refractivity contribution in [2.45, 2.75) is 52.4 Å². The lowest BCUT2D eigenvalue weighted by Gasteiger charge is -2.33. The van der Waals surface area contributed by atoms with Crippen molar-refractivity contribution in [3.8, 4) is 0 Å². The molecule has 2 rings (SSSR count). The van der Waals surface area contributed by atoms with E-state index in [1.165, 1.54) is 0 Å². The molecule has 0 aliphatic carbocycles. The van der Waals surface area contributed by atoms with Crippen molar-refractivity contribution < 1.29 is 19.5 Å². The highest BCUT2D eigenvalue weighted by Crippen LogP contribution is 2.22. The number of hydrogen-bond donors (Lipinski definition) is 3. The van der Waals surface area contributed by atoms with E-state index in [9.17, 15) is 14.4 Å². The van der Waals surface area contributed by atoms with Crippen molar-refractivity contribution in [1.29, 1.82) is 0 Å². The Morgan fingerprint density at radius 2 is 1.88 bits per heavy atom.